The molecule has 0 aliphatic carbocycles. The summed E-state index contributed by atoms with van der Waals surface area (Å²) in [7, 11) is -1.72. The maximum absolute atomic E-state index is 12.1. The molecule has 1 saturated heterocycles. The summed E-state index contributed by atoms with van der Waals surface area (Å²) >= 11 is 0. The SMILES string of the molecule is O=C(COc1ccccc1)NC1C(=O)N2C(C(=O)O)=C(O)C[S@](=O)[C@@H]12. The molecule has 1 aromatic rings. The summed E-state index contributed by atoms with van der Waals surface area (Å²) in [6, 6.07) is 7.46. The van der Waals surface area contributed by atoms with Crippen molar-refractivity contribution in [1.82, 2.24) is 10.2 Å². The molecule has 1 unspecified atom stereocenters. The van der Waals surface area contributed by atoms with E-state index in [0.29, 0.717) is 5.75 Å². The fourth-order valence-corrected chi connectivity index (χ4v) is 4.15. The normalized spacial score (nSPS) is 25.0. The standard InChI is InChI=1S/C15H14N2O7S/c18-9-7-25(23)14-11(13(20)17(14)12(9)15(21)22)16-10(19)6-24-8-4-2-1-3-5-8/h1-5,11,14,18H,6-7H2,(H,16,19)(H,21,22)/t11?,14-,25-/m0/s1. The highest BCUT2D eigenvalue weighted by Crippen LogP contribution is 2.34. The van der Waals surface area contributed by atoms with Crippen LogP contribution in [0.3, 0.4) is 0 Å². The number of carbonyl (C=O) groups is 3. The van der Waals surface area contributed by atoms with Crippen LogP contribution in [0.4, 0.5) is 0 Å². The number of hydrogen-bond acceptors (Lipinski definition) is 6. The zero-order valence-electron chi connectivity index (χ0n) is 12.7. The Labute approximate surface area is 144 Å². The molecule has 2 heterocycles. The second-order valence-corrected chi connectivity index (χ2v) is 6.90. The van der Waals surface area contributed by atoms with Crippen LogP contribution in [0.2, 0.25) is 0 Å². The third-order valence-corrected chi connectivity index (χ3v) is 5.32. The van der Waals surface area contributed by atoms with Crippen LogP contribution >= 0.6 is 0 Å². The van der Waals surface area contributed by atoms with E-state index in [0.717, 1.165) is 4.90 Å². The summed E-state index contributed by atoms with van der Waals surface area (Å²) < 4.78 is 17.4. The van der Waals surface area contributed by atoms with Crippen LogP contribution in [-0.4, -0.2) is 60.9 Å². The van der Waals surface area contributed by atoms with Gasteiger partial charge in [-0.15, -0.1) is 0 Å². The quantitative estimate of drug-likeness (QED) is 0.589. The molecule has 9 nitrogen and oxygen atoms in total. The number of carboxylic acids is 1. The predicted molar refractivity (Wildman–Crippen MR) is 84.8 cm³/mol. The number of carbonyl (C=O) groups excluding carboxylic acids is 2. The molecule has 0 radical (unpaired) electrons. The number of para-hydroxylation sites is 1. The zero-order chi connectivity index (χ0) is 18.1. The van der Waals surface area contributed by atoms with Crippen LogP contribution in [0.15, 0.2) is 41.8 Å². The highest BCUT2D eigenvalue weighted by molar-refractivity contribution is 7.86. The van der Waals surface area contributed by atoms with Gasteiger partial charge in [0.15, 0.2) is 12.3 Å². The molecular weight excluding hydrogens is 352 g/mol. The summed E-state index contributed by atoms with van der Waals surface area (Å²) in [5.41, 5.74) is -0.597. The Hall–Kier alpha value is -2.88. The van der Waals surface area contributed by atoms with Crippen molar-refractivity contribution in [2.24, 2.45) is 0 Å². The Kier molecular flexibility index (Phi) is 4.45. The van der Waals surface area contributed by atoms with Crippen molar-refractivity contribution in [3.63, 3.8) is 0 Å². The summed E-state index contributed by atoms with van der Waals surface area (Å²) in [6.45, 7) is -0.347. The van der Waals surface area contributed by atoms with E-state index in [4.69, 9.17) is 9.84 Å². The van der Waals surface area contributed by atoms with Gasteiger partial charge in [-0.2, -0.15) is 0 Å². The van der Waals surface area contributed by atoms with Crippen LogP contribution < -0.4 is 10.1 Å². The summed E-state index contributed by atoms with van der Waals surface area (Å²) in [5, 5.41) is 20.1. The van der Waals surface area contributed by atoms with E-state index in [9.17, 15) is 23.7 Å². The zero-order valence-corrected chi connectivity index (χ0v) is 13.6. The van der Waals surface area contributed by atoms with Crippen LogP contribution in [0.25, 0.3) is 0 Å². The van der Waals surface area contributed by atoms with Gasteiger partial charge in [0.2, 0.25) is 0 Å². The third kappa shape index (κ3) is 3.07. The lowest BCUT2D eigenvalue weighted by molar-refractivity contribution is -0.151. The molecule has 1 aromatic carbocycles. The molecule has 25 heavy (non-hydrogen) atoms. The maximum atomic E-state index is 12.1. The topological polar surface area (TPSA) is 133 Å². The maximum Gasteiger partial charge on any atom is 0.356 e. The number of amides is 2. The van der Waals surface area contributed by atoms with E-state index in [2.05, 4.69) is 5.32 Å². The first-order chi connectivity index (χ1) is 11.9. The van der Waals surface area contributed by atoms with Gasteiger partial charge in [-0.1, -0.05) is 18.2 Å². The third-order valence-electron chi connectivity index (χ3n) is 3.74. The predicted octanol–water partition coefficient (Wildman–Crippen LogP) is -0.665. The highest BCUT2D eigenvalue weighted by atomic mass is 32.2. The van der Waals surface area contributed by atoms with Crippen molar-refractivity contribution >= 4 is 28.6 Å². The molecule has 132 valence electrons. The average molecular weight is 366 g/mol. The molecule has 3 N–H and O–H groups in total. The van der Waals surface area contributed by atoms with E-state index in [1.54, 1.807) is 30.3 Å². The van der Waals surface area contributed by atoms with Crippen molar-refractivity contribution in [3.8, 4) is 5.75 Å². The van der Waals surface area contributed by atoms with Gasteiger partial charge in [0, 0.05) is 0 Å². The van der Waals surface area contributed by atoms with Crippen LogP contribution in [0.1, 0.15) is 0 Å². The Balaban J connectivity index is 1.65. The van der Waals surface area contributed by atoms with Crippen molar-refractivity contribution < 1.29 is 33.5 Å². The van der Waals surface area contributed by atoms with Gasteiger partial charge in [0.05, 0.1) is 16.6 Å². The summed E-state index contributed by atoms with van der Waals surface area (Å²) in [6.07, 6.45) is 0. The first-order valence-electron chi connectivity index (χ1n) is 7.23. The summed E-state index contributed by atoms with van der Waals surface area (Å²) in [4.78, 5) is 36.0. The Morgan fingerprint density at radius 2 is 2.00 bits per heavy atom. The first kappa shape index (κ1) is 17.0. The number of nitrogens with zero attached hydrogens (tertiary/aromatic N) is 1. The molecule has 0 saturated carbocycles. The van der Waals surface area contributed by atoms with Crippen LogP contribution in [0, 0.1) is 0 Å². The number of ether oxygens (including phenoxy) is 1. The molecule has 0 spiro atoms. The lowest BCUT2D eigenvalue weighted by atomic mass is 10.0. The van der Waals surface area contributed by atoms with Gasteiger partial charge in [-0.25, -0.2) is 4.79 Å². The van der Waals surface area contributed by atoms with Crippen molar-refractivity contribution in [2.45, 2.75) is 11.4 Å². The number of aliphatic hydroxyl groups excluding tert-OH is 1. The van der Waals surface area contributed by atoms with Crippen molar-refractivity contribution in [3.05, 3.63) is 41.8 Å². The Bertz CT molecular complexity index is 792. The van der Waals surface area contributed by atoms with E-state index < -0.39 is 51.5 Å². The molecule has 10 heteroatoms. The summed E-state index contributed by atoms with van der Waals surface area (Å²) in [5.74, 6) is -3.37. The largest absolute Gasteiger partial charge is 0.509 e. The molecule has 1 fully saturated rings. The second-order valence-electron chi connectivity index (χ2n) is 5.37. The number of carboxylic acid groups (broad SMARTS) is 1. The van der Waals surface area contributed by atoms with Crippen molar-refractivity contribution in [2.75, 3.05) is 12.4 Å². The molecule has 3 rings (SSSR count). The molecule has 2 aliphatic rings. The molecule has 0 aromatic heterocycles. The lowest BCUT2D eigenvalue weighted by Crippen LogP contribution is -2.73. The van der Waals surface area contributed by atoms with Crippen LogP contribution in [-0.2, 0) is 25.2 Å². The number of β-lactam (4-membered cyclic amide) rings is 1. The number of fused-ring (bicyclic) bond motifs is 1. The van der Waals surface area contributed by atoms with Gasteiger partial charge >= 0.3 is 5.97 Å². The number of aliphatic carboxylic acids is 1. The van der Waals surface area contributed by atoms with E-state index >= 15 is 0 Å². The molecule has 2 aliphatic heterocycles. The lowest BCUT2D eigenvalue weighted by Gasteiger charge is -2.48. The monoisotopic (exact) mass is 366 g/mol. The van der Waals surface area contributed by atoms with Gasteiger partial charge in [0.1, 0.15) is 22.9 Å². The molecular formula is C15H14N2O7S. The number of hydrogen-bond donors (Lipinski definition) is 3. The van der Waals surface area contributed by atoms with Gasteiger partial charge in [-0.3, -0.25) is 18.7 Å². The van der Waals surface area contributed by atoms with E-state index in [1.807, 2.05) is 0 Å². The smallest absolute Gasteiger partial charge is 0.356 e. The van der Waals surface area contributed by atoms with Crippen LogP contribution in [0.5, 0.6) is 5.75 Å². The number of benzene rings is 1. The number of aliphatic hydroxyl groups is 1. The molecule has 2 amide bonds. The first-order valence-corrected chi connectivity index (χ1v) is 8.61. The minimum Gasteiger partial charge on any atom is -0.509 e. The number of rotatable bonds is 5. The average Bonchev–Trinajstić information content (AvgIpc) is 2.58. The Morgan fingerprint density at radius 1 is 1.32 bits per heavy atom. The second kappa shape index (κ2) is 6.55. The Morgan fingerprint density at radius 3 is 2.64 bits per heavy atom. The molecule has 3 atom stereocenters. The number of nitrogens with one attached hydrogen (secondary N) is 1. The molecule has 0 bridgehead atoms. The fourth-order valence-electron chi connectivity index (χ4n) is 2.64. The minimum absolute atomic E-state index is 0.347. The van der Waals surface area contributed by atoms with Crippen molar-refractivity contribution in [1.29, 1.82) is 0 Å². The minimum atomic E-state index is -1.72. The fraction of sp³-hybridized carbons (Fsp3) is 0.267. The highest BCUT2D eigenvalue weighted by Gasteiger charge is 2.57. The van der Waals surface area contributed by atoms with Gasteiger partial charge in [0.25, 0.3) is 11.8 Å². The van der Waals surface area contributed by atoms with E-state index in [1.165, 1.54) is 0 Å². The van der Waals surface area contributed by atoms with Gasteiger partial charge < -0.3 is 20.3 Å². The van der Waals surface area contributed by atoms with Gasteiger partial charge in [-0.05, 0) is 12.1 Å². The van der Waals surface area contributed by atoms with E-state index in [-0.39, 0.29) is 12.4 Å².